The average molecular weight is 180 g/mol. The molecule has 0 radical (unpaired) electrons. The fourth-order valence-corrected chi connectivity index (χ4v) is 1.00. The molecule has 0 bridgehead atoms. The van der Waals surface area contributed by atoms with E-state index in [1.54, 1.807) is 6.20 Å². The third-order valence-electron chi connectivity index (χ3n) is 2.00. The summed E-state index contributed by atoms with van der Waals surface area (Å²) in [6.07, 6.45) is 2.63. The highest BCUT2D eigenvalue weighted by Crippen LogP contribution is 1.94. The van der Waals surface area contributed by atoms with Gasteiger partial charge in [0.15, 0.2) is 5.49 Å². The van der Waals surface area contributed by atoms with Crippen LogP contribution in [0, 0.1) is 6.92 Å². The first-order valence-corrected chi connectivity index (χ1v) is 4.56. The maximum Gasteiger partial charge on any atom is 0.163 e. The van der Waals surface area contributed by atoms with Crippen molar-refractivity contribution >= 4 is 0 Å². The summed E-state index contributed by atoms with van der Waals surface area (Å²) >= 11 is 0. The second kappa shape index (κ2) is 4.12. The quantitative estimate of drug-likeness (QED) is 0.691. The lowest BCUT2D eigenvalue weighted by Gasteiger charge is -2.03. The Balaban J connectivity index is 3.08. The van der Waals surface area contributed by atoms with Crippen LogP contribution < -0.4 is 5.49 Å². The van der Waals surface area contributed by atoms with Gasteiger partial charge in [-0.3, -0.25) is 4.99 Å². The van der Waals surface area contributed by atoms with Crippen molar-refractivity contribution in [2.45, 2.75) is 33.2 Å². The SMILES string of the molecule is CCC(C)N=c1ccc(C)cn1O. The molecule has 3 nitrogen and oxygen atoms in total. The van der Waals surface area contributed by atoms with Crippen LogP contribution in [0.4, 0.5) is 0 Å². The molecule has 13 heavy (non-hydrogen) atoms. The molecule has 0 aliphatic carbocycles. The molecule has 1 atom stereocenters. The lowest BCUT2D eigenvalue weighted by molar-refractivity contribution is 0.170. The molecule has 0 aromatic carbocycles. The number of aryl methyl sites for hydroxylation is 1. The Morgan fingerprint density at radius 1 is 1.54 bits per heavy atom. The summed E-state index contributed by atoms with van der Waals surface area (Å²) < 4.78 is 1.07. The van der Waals surface area contributed by atoms with Crippen LogP contribution in [-0.4, -0.2) is 16.0 Å². The lowest BCUT2D eigenvalue weighted by atomic mass is 10.3. The Labute approximate surface area is 78.3 Å². The molecular weight excluding hydrogens is 164 g/mol. The number of rotatable bonds is 2. The van der Waals surface area contributed by atoms with Crippen LogP contribution in [0.3, 0.4) is 0 Å². The van der Waals surface area contributed by atoms with Crippen LogP contribution in [0.2, 0.25) is 0 Å². The van der Waals surface area contributed by atoms with Crippen LogP contribution in [0.5, 0.6) is 0 Å². The first-order valence-electron chi connectivity index (χ1n) is 4.56. The maximum absolute atomic E-state index is 9.46. The molecule has 3 heteroatoms. The highest BCUT2D eigenvalue weighted by Gasteiger charge is 1.95. The van der Waals surface area contributed by atoms with Crippen molar-refractivity contribution in [3.05, 3.63) is 29.4 Å². The predicted molar refractivity (Wildman–Crippen MR) is 51.7 cm³/mol. The van der Waals surface area contributed by atoms with Crippen molar-refractivity contribution in [1.82, 2.24) is 4.73 Å². The number of hydrogen-bond acceptors (Lipinski definition) is 2. The van der Waals surface area contributed by atoms with E-state index in [-0.39, 0.29) is 6.04 Å². The highest BCUT2D eigenvalue weighted by atomic mass is 16.5. The monoisotopic (exact) mass is 180 g/mol. The topological polar surface area (TPSA) is 37.5 Å². The van der Waals surface area contributed by atoms with Crippen LogP contribution in [-0.2, 0) is 0 Å². The van der Waals surface area contributed by atoms with Crippen LogP contribution in [0.1, 0.15) is 25.8 Å². The van der Waals surface area contributed by atoms with E-state index < -0.39 is 0 Å². The van der Waals surface area contributed by atoms with Gasteiger partial charge in [0.2, 0.25) is 0 Å². The van der Waals surface area contributed by atoms with Crippen molar-refractivity contribution in [2.24, 2.45) is 4.99 Å². The van der Waals surface area contributed by atoms with Crippen molar-refractivity contribution in [3.8, 4) is 0 Å². The van der Waals surface area contributed by atoms with Gasteiger partial charge in [-0.1, -0.05) is 13.0 Å². The van der Waals surface area contributed by atoms with Gasteiger partial charge in [0.25, 0.3) is 0 Å². The number of nitrogens with zero attached hydrogens (tertiary/aromatic N) is 2. The minimum atomic E-state index is 0.251. The maximum atomic E-state index is 9.46. The molecule has 1 unspecified atom stereocenters. The van der Waals surface area contributed by atoms with E-state index >= 15 is 0 Å². The summed E-state index contributed by atoms with van der Waals surface area (Å²) in [4.78, 5) is 4.33. The normalized spacial score (nSPS) is 14.5. The average Bonchev–Trinajstić information content (AvgIpc) is 2.09. The standard InChI is InChI=1S/C10H16N2O/c1-4-9(3)11-10-6-5-8(2)7-12(10)13/h5-7,9,13H,4H2,1-3H3. The Morgan fingerprint density at radius 3 is 2.77 bits per heavy atom. The first kappa shape index (κ1) is 9.84. The van der Waals surface area contributed by atoms with Gasteiger partial charge in [-0.15, -0.1) is 0 Å². The van der Waals surface area contributed by atoms with Gasteiger partial charge >= 0.3 is 0 Å². The van der Waals surface area contributed by atoms with Gasteiger partial charge in [-0.25, -0.2) is 0 Å². The Bertz CT molecular complexity index is 341. The first-order chi connectivity index (χ1) is 6.13. The summed E-state index contributed by atoms with van der Waals surface area (Å²) in [6.45, 7) is 6.03. The Hall–Kier alpha value is -1.25. The molecule has 0 saturated heterocycles. The summed E-state index contributed by atoms with van der Waals surface area (Å²) in [5.74, 6) is 0. The molecule has 72 valence electrons. The molecule has 1 aromatic heterocycles. The molecule has 0 saturated carbocycles. The molecule has 0 fully saturated rings. The van der Waals surface area contributed by atoms with Gasteiger partial charge in [-0.2, -0.15) is 4.73 Å². The van der Waals surface area contributed by atoms with E-state index in [2.05, 4.69) is 11.9 Å². The smallest absolute Gasteiger partial charge is 0.163 e. The number of pyridine rings is 1. The van der Waals surface area contributed by atoms with Crippen molar-refractivity contribution < 1.29 is 5.21 Å². The molecule has 1 N–H and O–H groups in total. The Morgan fingerprint density at radius 2 is 2.23 bits per heavy atom. The molecule has 1 heterocycles. The molecule has 0 amide bonds. The second-order valence-corrected chi connectivity index (χ2v) is 3.30. The molecule has 1 aromatic rings. The molecule has 1 rings (SSSR count). The van der Waals surface area contributed by atoms with Gasteiger partial charge in [-0.05, 0) is 31.9 Å². The number of aromatic nitrogens is 1. The molecule has 0 spiro atoms. The molecule has 0 aliphatic rings. The van der Waals surface area contributed by atoms with Crippen LogP contribution >= 0.6 is 0 Å². The van der Waals surface area contributed by atoms with Gasteiger partial charge in [0, 0.05) is 12.2 Å². The fourth-order valence-electron chi connectivity index (χ4n) is 1.00. The highest BCUT2D eigenvalue weighted by molar-refractivity contribution is 5.05. The van der Waals surface area contributed by atoms with Crippen LogP contribution in [0.15, 0.2) is 23.3 Å². The molecular formula is C10H16N2O. The van der Waals surface area contributed by atoms with Gasteiger partial charge < -0.3 is 5.21 Å². The summed E-state index contributed by atoms with van der Waals surface area (Å²) in [5, 5.41) is 9.46. The zero-order valence-electron chi connectivity index (χ0n) is 8.36. The van der Waals surface area contributed by atoms with Crippen molar-refractivity contribution in [1.29, 1.82) is 0 Å². The lowest BCUT2D eigenvalue weighted by Crippen LogP contribution is -2.20. The second-order valence-electron chi connectivity index (χ2n) is 3.30. The molecule has 0 aliphatic heterocycles. The van der Waals surface area contributed by atoms with E-state index in [4.69, 9.17) is 0 Å². The summed E-state index contributed by atoms with van der Waals surface area (Å²) in [6, 6.07) is 4.01. The van der Waals surface area contributed by atoms with E-state index in [9.17, 15) is 5.21 Å². The minimum Gasteiger partial charge on any atom is -0.427 e. The third kappa shape index (κ3) is 2.61. The van der Waals surface area contributed by atoms with E-state index in [0.29, 0.717) is 5.49 Å². The van der Waals surface area contributed by atoms with Crippen molar-refractivity contribution in [2.75, 3.05) is 0 Å². The Kier molecular flexibility index (Phi) is 3.12. The zero-order chi connectivity index (χ0) is 9.84. The van der Waals surface area contributed by atoms with Gasteiger partial charge in [0.1, 0.15) is 0 Å². The predicted octanol–water partition coefficient (Wildman–Crippen LogP) is 1.73. The largest absolute Gasteiger partial charge is 0.427 e. The zero-order valence-corrected chi connectivity index (χ0v) is 8.36. The summed E-state index contributed by atoms with van der Waals surface area (Å²) in [5.41, 5.74) is 1.63. The van der Waals surface area contributed by atoms with Gasteiger partial charge in [0.05, 0.1) is 0 Å². The van der Waals surface area contributed by atoms with Crippen molar-refractivity contribution in [3.63, 3.8) is 0 Å². The fraction of sp³-hybridized carbons (Fsp3) is 0.500. The van der Waals surface area contributed by atoms with E-state index in [1.807, 2.05) is 26.0 Å². The van der Waals surface area contributed by atoms with E-state index in [1.165, 1.54) is 0 Å². The van der Waals surface area contributed by atoms with Crippen LogP contribution in [0.25, 0.3) is 0 Å². The van der Waals surface area contributed by atoms with E-state index in [0.717, 1.165) is 16.7 Å². The minimum absolute atomic E-state index is 0.251. The summed E-state index contributed by atoms with van der Waals surface area (Å²) in [7, 11) is 0. The number of hydrogen-bond donors (Lipinski definition) is 1. The third-order valence-corrected chi connectivity index (χ3v) is 2.00.